The Kier molecular flexibility index (Phi) is 6.49. The first kappa shape index (κ1) is 18.3. The van der Waals surface area contributed by atoms with E-state index in [1.54, 1.807) is 12.1 Å². The Balaban J connectivity index is 2.56. The van der Waals surface area contributed by atoms with Crippen LogP contribution in [0.25, 0.3) is 0 Å². The van der Waals surface area contributed by atoms with Crippen molar-refractivity contribution in [2.24, 2.45) is 5.41 Å². The van der Waals surface area contributed by atoms with Gasteiger partial charge in [0, 0.05) is 19.7 Å². The summed E-state index contributed by atoms with van der Waals surface area (Å²) in [4.78, 5) is 0. The smallest absolute Gasteiger partial charge is 0.405 e. The molecule has 0 radical (unpaired) electrons. The topological polar surface area (TPSA) is 41.5 Å². The molecule has 0 heterocycles. The van der Waals surface area contributed by atoms with Crippen LogP contribution in [0.3, 0.4) is 0 Å². The largest absolute Gasteiger partial charge is 0.573 e. The number of aliphatic hydroxyl groups excluding tert-OH is 1. The van der Waals surface area contributed by atoms with Crippen LogP contribution in [0.2, 0.25) is 0 Å². The molecule has 1 aromatic carbocycles. The molecule has 0 saturated carbocycles. The van der Waals surface area contributed by atoms with Gasteiger partial charge in [-0.15, -0.1) is 13.2 Å². The van der Waals surface area contributed by atoms with Crippen molar-refractivity contribution in [3.8, 4) is 5.75 Å². The summed E-state index contributed by atoms with van der Waals surface area (Å²) in [6, 6.07) is 4.46. The molecule has 1 aromatic rings. The normalized spacial score (nSPS) is 12.5. The number of ether oxygens (including phenoxy) is 1. The van der Waals surface area contributed by atoms with Gasteiger partial charge in [-0.2, -0.15) is 0 Å². The molecule has 0 unspecified atom stereocenters. The minimum absolute atomic E-state index is 0.0364. The van der Waals surface area contributed by atoms with Crippen molar-refractivity contribution in [1.29, 1.82) is 0 Å². The molecule has 3 nitrogen and oxygen atoms in total. The fourth-order valence-corrected chi connectivity index (χ4v) is 2.31. The van der Waals surface area contributed by atoms with Crippen molar-refractivity contribution in [2.45, 2.75) is 33.2 Å². The SMILES string of the molecule is CC(C)(CCO)CNCc1ccc(OC(F)(F)F)c(Br)c1. The van der Waals surface area contributed by atoms with Gasteiger partial charge in [-0.1, -0.05) is 19.9 Å². The summed E-state index contributed by atoms with van der Waals surface area (Å²) < 4.78 is 40.6. The molecule has 2 N–H and O–H groups in total. The van der Waals surface area contributed by atoms with Crippen LogP contribution in [-0.2, 0) is 6.54 Å². The van der Waals surface area contributed by atoms with E-state index < -0.39 is 6.36 Å². The minimum atomic E-state index is -4.70. The lowest BCUT2D eigenvalue weighted by molar-refractivity contribution is -0.274. The molecule has 0 amide bonds. The van der Waals surface area contributed by atoms with E-state index in [-0.39, 0.29) is 22.2 Å². The summed E-state index contributed by atoms with van der Waals surface area (Å²) in [5, 5.41) is 12.2. The third kappa shape index (κ3) is 7.15. The summed E-state index contributed by atoms with van der Waals surface area (Å²) in [5.74, 6) is -0.258. The van der Waals surface area contributed by atoms with Crippen molar-refractivity contribution in [1.82, 2.24) is 5.32 Å². The van der Waals surface area contributed by atoms with E-state index in [1.807, 2.05) is 13.8 Å². The zero-order valence-corrected chi connectivity index (χ0v) is 13.5. The first-order valence-corrected chi connectivity index (χ1v) is 7.28. The van der Waals surface area contributed by atoms with Crippen LogP contribution in [0.1, 0.15) is 25.8 Å². The molecule has 0 spiro atoms. The summed E-state index contributed by atoms with van der Waals surface area (Å²) >= 11 is 3.07. The number of nitrogens with one attached hydrogen (secondary N) is 1. The summed E-state index contributed by atoms with van der Waals surface area (Å²) in [6.45, 7) is 5.42. The molecule has 21 heavy (non-hydrogen) atoms. The van der Waals surface area contributed by atoms with Crippen LogP contribution in [0.15, 0.2) is 22.7 Å². The van der Waals surface area contributed by atoms with Crippen LogP contribution >= 0.6 is 15.9 Å². The van der Waals surface area contributed by atoms with Crippen molar-refractivity contribution >= 4 is 15.9 Å². The monoisotopic (exact) mass is 369 g/mol. The Morgan fingerprint density at radius 3 is 2.48 bits per heavy atom. The Hall–Kier alpha value is -0.790. The second kappa shape index (κ2) is 7.47. The average Bonchev–Trinajstić information content (AvgIpc) is 2.30. The fourth-order valence-electron chi connectivity index (χ4n) is 1.80. The minimum Gasteiger partial charge on any atom is -0.405 e. The zero-order chi connectivity index (χ0) is 16.1. The van der Waals surface area contributed by atoms with E-state index in [0.29, 0.717) is 19.5 Å². The second-order valence-corrected chi connectivity index (χ2v) is 6.41. The number of hydrogen-bond acceptors (Lipinski definition) is 3. The summed E-state index contributed by atoms with van der Waals surface area (Å²) in [7, 11) is 0. The van der Waals surface area contributed by atoms with Gasteiger partial charge in [-0.25, -0.2) is 0 Å². The first-order valence-electron chi connectivity index (χ1n) is 6.49. The van der Waals surface area contributed by atoms with E-state index in [4.69, 9.17) is 5.11 Å². The van der Waals surface area contributed by atoms with Gasteiger partial charge in [0.15, 0.2) is 0 Å². The molecular formula is C14H19BrF3NO2. The van der Waals surface area contributed by atoms with Crippen molar-refractivity contribution in [3.63, 3.8) is 0 Å². The molecule has 0 saturated heterocycles. The highest BCUT2D eigenvalue weighted by Gasteiger charge is 2.31. The number of alkyl halides is 3. The van der Waals surface area contributed by atoms with E-state index in [0.717, 1.165) is 5.56 Å². The van der Waals surface area contributed by atoms with Gasteiger partial charge < -0.3 is 15.2 Å². The Labute approximate surface area is 130 Å². The van der Waals surface area contributed by atoms with Gasteiger partial charge >= 0.3 is 6.36 Å². The third-order valence-electron chi connectivity index (χ3n) is 2.94. The predicted molar refractivity (Wildman–Crippen MR) is 78.0 cm³/mol. The molecule has 0 aliphatic heterocycles. The van der Waals surface area contributed by atoms with Gasteiger partial charge in [0.05, 0.1) is 4.47 Å². The maximum Gasteiger partial charge on any atom is 0.573 e. The molecule has 120 valence electrons. The molecule has 0 aliphatic rings. The van der Waals surface area contributed by atoms with Crippen molar-refractivity contribution in [3.05, 3.63) is 28.2 Å². The maximum absolute atomic E-state index is 12.2. The van der Waals surface area contributed by atoms with Crippen LogP contribution in [0, 0.1) is 5.41 Å². The van der Waals surface area contributed by atoms with E-state index in [1.165, 1.54) is 6.07 Å². The molecule has 0 bridgehead atoms. The lowest BCUT2D eigenvalue weighted by Crippen LogP contribution is -2.29. The number of halogens is 4. The lowest BCUT2D eigenvalue weighted by atomic mass is 9.90. The fraction of sp³-hybridized carbons (Fsp3) is 0.571. The quantitative estimate of drug-likeness (QED) is 0.766. The van der Waals surface area contributed by atoms with Crippen LogP contribution in [0.5, 0.6) is 5.75 Å². The number of rotatable bonds is 7. The third-order valence-corrected chi connectivity index (χ3v) is 3.56. The summed E-state index contributed by atoms with van der Waals surface area (Å²) in [5.41, 5.74) is 0.807. The molecule has 0 fully saturated rings. The van der Waals surface area contributed by atoms with Gasteiger partial charge in [0.25, 0.3) is 0 Å². The van der Waals surface area contributed by atoms with Crippen LogP contribution < -0.4 is 10.1 Å². The highest BCUT2D eigenvalue weighted by molar-refractivity contribution is 9.10. The lowest BCUT2D eigenvalue weighted by Gasteiger charge is -2.24. The highest BCUT2D eigenvalue weighted by Crippen LogP contribution is 2.31. The molecular weight excluding hydrogens is 351 g/mol. The molecule has 0 atom stereocenters. The van der Waals surface area contributed by atoms with Crippen LogP contribution in [0.4, 0.5) is 13.2 Å². The number of hydrogen-bond donors (Lipinski definition) is 2. The van der Waals surface area contributed by atoms with Gasteiger partial charge in [-0.3, -0.25) is 0 Å². The maximum atomic E-state index is 12.2. The van der Waals surface area contributed by atoms with E-state index in [2.05, 4.69) is 26.0 Å². The summed E-state index contributed by atoms with van der Waals surface area (Å²) in [6.07, 6.45) is -4.02. The van der Waals surface area contributed by atoms with E-state index in [9.17, 15) is 13.2 Å². The number of benzene rings is 1. The van der Waals surface area contributed by atoms with Crippen molar-refractivity contribution < 1.29 is 23.0 Å². The van der Waals surface area contributed by atoms with Gasteiger partial charge in [-0.05, 0) is 45.5 Å². The van der Waals surface area contributed by atoms with Gasteiger partial charge in [0.2, 0.25) is 0 Å². The Bertz CT molecular complexity index is 464. The highest BCUT2D eigenvalue weighted by atomic mass is 79.9. The van der Waals surface area contributed by atoms with E-state index >= 15 is 0 Å². The second-order valence-electron chi connectivity index (χ2n) is 5.55. The Morgan fingerprint density at radius 1 is 1.29 bits per heavy atom. The number of aliphatic hydroxyl groups is 1. The molecule has 7 heteroatoms. The van der Waals surface area contributed by atoms with Gasteiger partial charge in [0.1, 0.15) is 5.75 Å². The Morgan fingerprint density at radius 2 is 1.95 bits per heavy atom. The standard InChI is InChI=1S/C14H19BrF3NO2/c1-13(2,5-6-20)9-19-8-10-3-4-12(11(15)7-10)21-14(16,17)18/h3-4,7,19-20H,5-6,8-9H2,1-2H3. The molecule has 1 rings (SSSR count). The zero-order valence-electron chi connectivity index (χ0n) is 11.9. The van der Waals surface area contributed by atoms with Crippen molar-refractivity contribution in [2.75, 3.05) is 13.2 Å². The average molecular weight is 370 g/mol. The van der Waals surface area contributed by atoms with Crippen LogP contribution in [-0.4, -0.2) is 24.6 Å². The first-order chi connectivity index (χ1) is 9.63. The molecule has 0 aromatic heterocycles. The molecule has 0 aliphatic carbocycles. The predicted octanol–water partition coefficient (Wildman–Crippen LogP) is 3.85.